The molecule has 1 atom stereocenters. The number of hydrogen-bond acceptors (Lipinski definition) is 3. The number of carbonyl (C=O) groups excluding carboxylic acids is 1. The van der Waals surface area contributed by atoms with Gasteiger partial charge in [-0.2, -0.15) is 0 Å². The zero-order valence-electron chi connectivity index (χ0n) is 8.72. The highest BCUT2D eigenvalue weighted by atomic mass is 16.4. The summed E-state index contributed by atoms with van der Waals surface area (Å²) >= 11 is 0. The van der Waals surface area contributed by atoms with E-state index >= 15 is 0 Å². The van der Waals surface area contributed by atoms with Crippen molar-refractivity contribution in [1.29, 1.82) is 0 Å². The van der Waals surface area contributed by atoms with Gasteiger partial charge in [-0.1, -0.05) is 30.3 Å². The van der Waals surface area contributed by atoms with Crippen molar-refractivity contribution in [3.8, 4) is 0 Å². The molecular formula is C11H14N2O3. The van der Waals surface area contributed by atoms with Crippen molar-refractivity contribution >= 4 is 11.9 Å². The van der Waals surface area contributed by atoms with Crippen LogP contribution in [0.3, 0.4) is 0 Å². The molecule has 0 saturated heterocycles. The normalized spacial score (nSPS) is 12.0. The summed E-state index contributed by atoms with van der Waals surface area (Å²) in [7, 11) is 0. The molecule has 4 N–H and O–H groups in total. The van der Waals surface area contributed by atoms with Gasteiger partial charge in [0.2, 0.25) is 5.91 Å². The smallest absolute Gasteiger partial charge is 0.325 e. The van der Waals surface area contributed by atoms with Crippen molar-refractivity contribution in [1.82, 2.24) is 5.32 Å². The lowest BCUT2D eigenvalue weighted by Gasteiger charge is -2.13. The summed E-state index contributed by atoms with van der Waals surface area (Å²) in [5.74, 6) is -1.43. The maximum Gasteiger partial charge on any atom is 0.325 e. The summed E-state index contributed by atoms with van der Waals surface area (Å²) < 4.78 is 0. The molecule has 0 aliphatic rings. The Hall–Kier alpha value is -1.88. The van der Waals surface area contributed by atoms with Crippen molar-refractivity contribution in [2.24, 2.45) is 5.73 Å². The number of carbonyl (C=O) groups is 2. The molecule has 0 fully saturated rings. The Bertz CT molecular complexity index is 365. The van der Waals surface area contributed by atoms with Crippen LogP contribution < -0.4 is 11.1 Å². The monoisotopic (exact) mass is 222 g/mol. The predicted molar refractivity (Wildman–Crippen MR) is 58.6 cm³/mol. The minimum atomic E-state index is -0.976. The fourth-order valence-corrected chi connectivity index (χ4v) is 1.33. The highest BCUT2D eigenvalue weighted by Gasteiger charge is 2.18. The van der Waals surface area contributed by atoms with Crippen LogP contribution in [0.15, 0.2) is 30.3 Å². The van der Waals surface area contributed by atoms with E-state index < -0.39 is 17.9 Å². The Balaban J connectivity index is 2.62. The maximum atomic E-state index is 11.0. The number of nitrogens with two attached hydrogens (primary N) is 1. The number of aliphatic carboxylic acids is 1. The fourth-order valence-electron chi connectivity index (χ4n) is 1.33. The molecule has 0 spiro atoms. The largest absolute Gasteiger partial charge is 0.480 e. The summed E-state index contributed by atoms with van der Waals surface area (Å²) in [6.45, 7) is 0.251. The van der Waals surface area contributed by atoms with Gasteiger partial charge < -0.3 is 16.2 Å². The molecule has 0 aliphatic heterocycles. The van der Waals surface area contributed by atoms with Gasteiger partial charge in [-0.25, -0.2) is 0 Å². The van der Waals surface area contributed by atoms with Gasteiger partial charge in [0, 0.05) is 13.0 Å². The van der Waals surface area contributed by atoms with Crippen molar-refractivity contribution in [3.05, 3.63) is 35.9 Å². The topological polar surface area (TPSA) is 92.4 Å². The predicted octanol–water partition coefficient (Wildman–Crippen LogP) is 0.277. The number of benzene rings is 1. The molecule has 0 aliphatic carbocycles. The Morgan fingerprint density at radius 3 is 2.44 bits per heavy atom. The SMILES string of the molecule is NC(=O)CCNC(C(=O)O)c1ccccc1. The van der Waals surface area contributed by atoms with E-state index in [-0.39, 0.29) is 13.0 Å². The Labute approximate surface area is 93.3 Å². The molecule has 1 aromatic carbocycles. The summed E-state index contributed by atoms with van der Waals surface area (Å²) in [5.41, 5.74) is 5.62. The molecule has 0 radical (unpaired) electrons. The first-order chi connectivity index (χ1) is 7.61. The fraction of sp³-hybridized carbons (Fsp3) is 0.273. The zero-order chi connectivity index (χ0) is 12.0. The molecule has 0 bridgehead atoms. The molecule has 1 amide bonds. The van der Waals surface area contributed by atoms with Crippen LogP contribution in [-0.2, 0) is 9.59 Å². The Morgan fingerprint density at radius 2 is 1.94 bits per heavy atom. The minimum Gasteiger partial charge on any atom is -0.480 e. The third kappa shape index (κ3) is 3.70. The van der Waals surface area contributed by atoms with Gasteiger partial charge in [0.15, 0.2) is 0 Å². The molecule has 16 heavy (non-hydrogen) atoms. The van der Waals surface area contributed by atoms with E-state index in [9.17, 15) is 9.59 Å². The van der Waals surface area contributed by atoms with E-state index in [1.54, 1.807) is 24.3 Å². The van der Waals surface area contributed by atoms with Crippen LogP contribution in [0.25, 0.3) is 0 Å². The second-order valence-electron chi connectivity index (χ2n) is 3.35. The number of rotatable bonds is 6. The number of carboxylic acid groups (broad SMARTS) is 1. The van der Waals surface area contributed by atoms with E-state index in [0.717, 1.165) is 0 Å². The number of primary amides is 1. The first kappa shape index (κ1) is 12.2. The van der Waals surface area contributed by atoms with Crippen LogP contribution in [-0.4, -0.2) is 23.5 Å². The van der Waals surface area contributed by atoms with E-state index in [1.165, 1.54) is 0 Å². The van der Waals surface area contributed by atoms with Gasteiger partial charge in [-0.15, -0.1) is 0 Å². The lowest BCUT2D eigenvalue weighted by atomic mass is 10.1. The third-order valence-electron chi connectivity index (χ3n) is 2.10. The molecular weight excluding hydrogens is 208 g/mol. The molecule has 0 aromatic heterocycles. The first-order valence-corrected chi connectivity index (χ1v) is 4.90. The molecule has 1 aromatic rings. The van der Waals surface area contributed by atoms with Gasteiger partial charge in [-0.05, 0) is 5.56 Å². The van der Waals surface area contributed by atoms with E-state index in [0.29, 0.717) is 5.56 Å². The average Bonchev–Trinajstić information content (AvgIpc) is 2.25. The van der Waals surface area contributed by atoms with Crippen molar-refractivity contribution < 1.29 is 14.7 Å². The van der Waals surface area contributed by atoms with Crippen LogP contribution in [0.5, 0.6) is 0 Å². The van der Waals surface area contributed by atoms with Gasteiger partial charge in [-0.3, -0.25) is 9.59 Å². The van der Waals surface area contributed by atoms with Crippen LogP contribution in [0.1, 0.15) is 18.0 Å². The van der Waals surface area contributed by atoms with E-state index in [2.05, 4.69) is 5.32 Å². The van der Waals surface area contributed by atoms with E-state index in [1.807, 2.05) is 6.07 Å². The van der Waals surface area contributed by atoms with Crippen LogP contribution in [0, 0.1) is 0 Å². The van der Waals surface area contributed by atoms with Crippen LogP contribution in [0.2, 0.25) is 0 Å². The lowest BCUT2D eigenvalue weighted by molar-refractivity contribution is -0.139. The molecule has 1 rings (SSSR count). The number of hydrogen-bond donors (Lipinski definition) is 3. The highest BCUT2D eigenvalue weighted by molar-refractivity contribution is 5.76. The summed E-state index contributed by atoms with van der Waals surface area (Å²) in [6, 6.07) is 7.97. The molecule has 86 valence electrons. The van der Waals surface area contributed by atoms with Gasteiger partial charge in [0.05, 0.1) is 0 Å². The molecule has 0 heterocycles. The second kappa shape index (κ2) is 5.87. The van der Waals surface area contributed by atoms with Crippen molar-refractivity contribution in [3.63, 3.8) is 0 Å². The number of carboxylic acids is 1. The Kier molecular flexibility index (Phi) is 4.47. The van der Waals surface area contributed by atoms with Crippen LogP contribution >= 0.6 is 0 Å². The quantitative estimate of drug-likeness (QED) is 0.644. The number of amides is 1. The average molecular weight is 222 g/mol. The second-order valence-corrected chi connectivity index (χ2v) is 3.35. The zero-order valence-corrected chi connectivity index (χ0v) is 8.72. The van der Waals surface area contributed by atoms with Crippen molar-refractivity contribution in [2.75, 3.05) is 6.54 Å². The highest BCUT2D eigenvalue weighted by Crippen LogP contribution is 2.12. The van der Waals surface area contributed by atoms with Crippen LogP contribution in [0.4, 0.5) is 0 Å². The minimum absolute atomic E-state index is 0.122. The summed E-state index contributed by atoms with van der Waals surface area (Å²) in [4.78, 5) is 21.5. The molecule has 5 heteroatoms. The molecule has 5 nitrogen and oxygen atoms in total. The van der Waals surface area contributed by atoms with Gasteiger partial charge in [0.25, 0.3) is 0 Å². The molecule has 1 unspecified atom stereocenters. The Morgan fingerprint density at radius 1 is 1.31 bits per heavy atom. The van der Waals surface area contributed by atoms with Crippen molar-refractivity contribution in [2.45, 2.75) is 12.5 Å². The van der Waals surface area contributed by atoms with Gasteiger partial charge >= 0.3 is 5.97 Å². The molecule has 0 saturated carbocycles. The van der Waals surface area contributed by atoms with Gasteiger partial charge in [0.1, 0.15) is 6.04 Å². The summed E-state index contributed by atoms with van der Waals surface area (Å²) in [5, 5.41) is 11.8. The summed E-state index contributed by atoms with van der Waals surface area (Å²) in [6.07, 6.45) is 0.122. The first-order valence-electron chi connectivity index (χ1n) is 4.90. The number of nitrogens with one attached hydrogen (secondary N) is 1. The van der Waals surface area contributed by atoms with E-state index in [4.69, 9.17) is 10.8 Å². The third-order valence-corrected chi connectivity index (χ3v) is 2.10. The standard InChI is InChI=1S/C11H14N2O3/c12-9(14)6-7-13-10(11(15)16)8-4-2-1-3-5-8/h1-5,10,13H,6-7H2,(H2,12,14)(H,15,16). The maximum absolute atomic E-state index is 11.0. The lowest BCUT2D eigenvalue weighted by Crippen LogP contribution is -2.31.